The Morgan fingerprint density at radius 3 is 2.56 bits per heavy atom. The van der Waals surface area contributed by atoms with Crippen molar-refractivity contribution in [2.75, 3.05) is 11.9 Å². The number of allylic oxidation sites excluding steroid dienone is 1. The fourth-order valence-corrected chi connectivity index (χ4v) is 2.94. The lowest BCUT2D eigenvalue weighted by Gasteiger charge is -2.24. The summed E-state index contributed by atoms with van der Waals surface area (Å²) in [6, 6.07) is 5.90. The second-order valence-electron chi connectivity index (χ2n) is 7.51. The van der Waals surface area contributed by atoms with Gasteiger partial charge in [0.05, 0.1) is 0 Å². The second kappa shape index (κ2) is 8.32. The van der Waals surface area contributed by atoms with E-state index in [0.29, 0.717) is 6.54 Å². The molecular weight excluding hydrogens is 312 g/mol. The number of aryl methyl sites for hydroxylation is 2. The van der Waals surface area contributed by atoms with Crippen molar-refractivity contribution in [1.82, 2.24) is 5.32 Å². The van der Waals surface area contributed by atoms with Crippen LogP contribution in [0.25, 0.3) is 0 Å². The van der Waals surface area contributed by atoms with Crippen molar-refractivity contribution in [2.24, 2.45) is 5.41 Å². The first-order valence-corrected chi connectivity index (χ1v) is 9.15. The van der Waals surface area contributed by atoms with Crippen LogP contribution in [0.5, 0.6) is 0 Å². The number of hydrogen-bond donors (Lipinski definition) is 2. The SMILES string of the molecule is Cc1ccc(C)c(NC(=O)C(C)(C)C(=O)NCCC2=CCCCC2)c1. The highest BCUT2D eigenvalue weighted by Gasteiger charge is 2.36. The Morgan fingerprint density at radius 1 is 1.12 bits per heavy atom. The van der Waals surface area contributed by atoms with Crippen LogP contribution in [-0.2, 0) is 9.59 Å². The third-order valence-corrected chi connectivity index (χ3v) is 4.89. The van der Waals surface area contributed by atoms with Gasteiger partial charge in [-0.15, -0.1) is 0 Å². The molecule has 0 aliphatic heterocycles. The van der Waals surface area contributed by atoms with Gasteiger partial charge in [0.25, 0.3) is 0 Å². The molecule has 25 heavy (non-hydrogen) atoms. The molecule has 0 saturated carbocycles. The van der Waals surface area contributed by atoms with E-state index in [9.17, 15) is 9.59 Å². The first-order valence-electron chi connectivity index (χ1n) is 9.15. The second-order valence-corrected chi connectivity index (χ2v) is 7.51. The molecule has 0 fully saturated rings. The normalized spacial score (nSPS) is 14.6. The average molecular weight is 342 g/mol. The molecule has 0 saturated heterocycles. The Balaban J connectivity index is 1.91. The van der Waals surface area contributed by atoms with Crippen LogP contribution in [0, 0.1) is 19.3 Å². The smallest absolute Gasteiger partial charge is 0.239 e. The van der Waals surface area contributed by atoms with Gasteiger partial charge < -0.3 is 10.6 Å². The third-order valence-electron chi connectivity index (χ3n) is 4.89. The van der Waals surface area contributed by atoms with E-state index in [1.165, 1.54) is 18.4 Å². The molecule has 0 radical (unpaired) electrons. The van der Waals surface area contributed by atoms with Crippen LogP contribution < -0.4 is 10.6 Å². The molecule has 4 nitrogen and oxygen atoms in total. The summed E-state index contributed by atoms with van der Waals surface area (Å²) in [7, 11) is 0. The van der Waals surface area contributed by atoms with Gasteiger partial charge in [0, 0.05) is 12.2 Å². The summed E-state index contributed by atoms with van der Waals surface area (Å²) >= 11 is 0. The Bertz CT molecular complexity index is 674. The van der Waals surface area contributed by atoms with Crippen LogP contribution in [-0.4, -0.2) is 18.4 Å². The Labute approximate surface area is 151 Å². The van der Waals surface area contributed by atoms with E-state index < -0.39 is 5.41 Å². The van der Waals surface area contributed by atoms with E-state index in [-0.39, 0.29) is 11.8 Å². The van der Waals surface area contributed by atoms with Gasteiger partial charge in [0.15, 0.2) is 0 Å². The monoisotopic (exact) mass is 342 g/mol. The first-order chi connectivity index (χ1) is 11.8. The quantitative estimate of drug-likeness (QED) is 0.599. The van der Waals surface area contributed by atoms with Crippen molar-refractivity contribution in [1.29, 1.82) is 0 Å². The molecule has 0 atom stereocenters. The molecular formula is C21H30N2O2. The summed E-state index contributed by atoms with van der Waals surface area (Å²) in [5.74, 6) is -0.512. The minimum Gasteiger partial charge on any atom is -0.355 e. The number of rotatable bonds is 6. The van der Waals surface area contributed by atoms with E-state index in [2.05, 4.69) is 16.7 Å². The van der Waals surface area contributed by atoms with Crippen LogP contribution in [0.1, 0.15) is 57.1 Å². The molecule has 136 valence electrons. The van der Waals surface area contributed by atoms with E-state index in [1.54, 1.807) is 13.8 Å². The maximum Gasteiger partial charge on any atom is 0.239 e. The van der Waals surface area contributed by atoms with Crippen molar-refractivity contribution >= 4 is 17.5 Å². The van der Waals surface area contributed by atoms with Crippen molar-refractivity contribution in [3.8, 4) is 0 Å². The van der Waals surface area contributed by atoms with Gasteiger partial charge in [-0.3, -0.25) is 9.59 Å². The molecule has 4 heteroatoms. The molecule has 1 aliphatic rings. The van der Waals surface area contributed by atoms with Gasteiger partial charge in [0.1, 0.15) is 5.41 Å². The Hall–Kier alpha value is -2.10. The van der Waals surface area contributed by atoms with Gasteiger partial charge in [-0.05, 0) is 77.0 Å². The maximum atomic E-state index is 12.6. The van der Waals surface area contributed by atoms with Crippen molar-refractivity contribution in [3.05, 3.63) is 41.0 Å². The number of hydrogen-bond acceptors (Lipinski definition) is 2. The molecule has 2 amide bonds. The summed E-state index contributed by atoms with van der Waals surface area (Å²) in [5.41, 5.74) is 3.13. The molecule has 1 aromatic rings. The van der Waals surface area contributed by atoms with E-state index >= 15 is 0 Å². The van der Waals surface area contributed by atoms with Crippen molar-refractivity contribution in [2.45, 2.75) is 59.8 Å². The summed E-state index contributed by atoms with van der Waals surface area (Å²) in [5, 5.41) is 5.82. The maximum absolute atomic E-state index is 12.6. The number of carbonyl (C=O) groups is 2. The molecule has 0 unspecified atom stereocenters. The standard InChI is InChI=1S/C21H30N2O2/c1-15-10-11-16(2)18(14-15)23-20(25)21(3,4)19(24)22-13-12-17-8-6-5-7-9-17/h8,10-11,14H,5-7,9,12-13H2,1-4H3,(H,22,24)(H,23,25). The van der Waals surface area contributed by atoms with Crippen LogP contribution in [0.4, 0.5) is 5.69 Å². The van der Waals surface area contributed by atoms with Crippen molar-refractivity contribution in [3.63, 3.8) is 0 Å². The zero-order valence-electron chi connectivity index (χ0n) is 15.9. The molecule has 1 aromatic carbocycles. The van der Waals surface area contributed by atoms with Gasteiger partial charge in [0.2, 0.25) is 11.8 Å². The van der Waals surface area contributed by atoms with Crippen LogP contribution in [0.3, 0.4) is 0 Å². The predicted molar refractivity (Wildman–Crippen MR) is 103 cm³/mol. The third kappa shape index (κ3) is 5.18. The van der Waals surface area contributed by atoms with Gasteiger partial charge in [-0.25, -0.2) is 0 Å². The van der Waals surface area contributed by atoms with Crippen molar-refractivity contribution < 1.29 is 9.59 Å². The minimum absolute atomic E-state index is 0.230. The summed E-state index contributed by atoms with van der Waals surface area (Å²) < 4.78 is 0. The zero-order valence-corrected chi connectivity index (χ0v) is 15.9. The van der Waals surface area contributed by atoms with Gasteiger partial charge in [-0.1, -0.05) is 23.8 Å². The topological polar surface area (TPSA) is 58.2 Å². The summed E-state index contributed by atoms with van der Waals surface area (Å²) in [6.45, 7) is 7.85. The van der Waals surface area contributed by atoms with E-state index in [1.807, 2.05) is 32.0 Å². The highest BCUT2D eigenvalue weighted by Crippen LogP contribution is 2.23. The number of anilines is 1. The molecule has 0 aromatic heterocycles. The lowest BCUT2D eigenvalue weighted by atomic mass is 9.90. The summed E-state index contributed by atoms with van der Waals surface area (Å²) in [4.78, 5) is 25.1. The number of nitrogens with one attached hydrogen (secondary N) is 2. The van der Waals surface area contributed by atoms with Gasteiger partial charge in [-0.2, -0.15) is 0 Å². The zero-order chi connectivity index (χ0) is 18.4. The molecule has 0 bridgehead atoms. The largest absolute Gasteiger partial charge is 0.355 e. The summed E-state index contributed by atoms with van der Waals surface area (Å²) in [6.07, 6.45) is 7.94. The fourth-order valence-electron chi connectivity index (χ4n) is 2.94. The number of carbonyl (C=O) groups excluding carboxylic acids is 2. The highest BCUT2D eigenvalue weighted by atomic mass is 16.2. The lowest BCUT2D eigenvalue weighted by Crippen LogP contribution is -2.45. The molecule has 0 heterocycles. The fraction of sp³-hybridized carbons (Fsp3) is 0.524. The number of amides is 2. The molecule has 0 spiro atoms. The molecule has 1 aliphatic carbocycles. The molecule has 2 N–H and O–H groups in total. The van der Waals surface area contributed by atoms with Crippen LogP contribution >= 0.6 is 0 Å². The predicted octanol–water partition coefficient (Wildman–Crippen LogP) is 4.27. The van der Waals surface area contributed by atoms with Crippen LogP contribution in [0.15, 0.2) is 29.8 Å². The Kier molecular flexibility index (Phi) is 6.40. The van der Waals surface area contributed by atoms with E-state index in [0.717, 1.165) is 36.1 Å². The van der Waals surface area contributed by atoms with E-state index in [4.69, 9.17) is 0 Å². The Morgan fingerprint density at radius 2 is 1.88 bits per heavy atom. The minimum atomic E-state index is -1.11. The highest BCUT2D eigenvalue weighted by molar-refractivity contribution is 6.10. The van der Waals surface area contributed by atoms with Crippen LogP contribution in [0.2, 0.25) is 0 Å². The molecule has 2 rings (SSSR count). The average Bonchev–Trinajstić information content (AvgIpc) is 2.58. The van der Waals surface area contributed by atoms with Gasteiger partial charge >= 0.3 is 0 Å². The first kappa shape index (κ1) is 19.2. The number of benzene rings is 1. The lowest BCUT2D eigenvalue weighted by molar-refractivity contribution is -0.138.